The molecule has 1 aromatic carbocycles. The molecule has 0 spiro atoms. The first kappa shape index (κ1) is 22.8. The van der Waals surface area contributed by atoms with Crippen molar-refractivity contribution in [2.45, 2.75) is 19.9 Å². The summed E-state index contributed by atoms with van der Waals surface area (Å²) in [5.41, 5.74) is 2.69. The molecule has 0 aliphatic carbocycles. The van der Waals surface area contributed by atoms with Gasteiger partial charge >= 0.3 is 0 Å². The molecule has 0 radical (unpaired) electrons. The third-order valence-electron chi connectivity index (χ3n) is 6.06. The van der Waals surface area contributed by atoms with Crippen molar-refractivity contribution in [1.29, 1.82) is 0 Å². The molecular formula is C25H24N4O3S2. The van der Waals surface area contributed by atoms with Crippen molar-refractivity contribution in [3.05, 3.63) is 80.6 Å². The van der Waals surface area contributed by atoms with Crippen molar-refractivity contribution in [2.75, 3.05) is 31.2 Å². The second-order valence-electron chi connectivity index (χ2n) is 8.33. The maximum atomic E-state index is 13.6. The lowest BCUT2D eigenvalue weighted by atomic mass is 10.1. The summed E-state index contributed by atoms with van der Waals surface area (Å²) in [6, 6.07) is 13.3. The predicted octanol–water partition coefficient (Wildman–Crippen LogP) is 3.80. The van der Waals surface area contributed by atoms with Gasteiger partial charge in [-0.25, -0.2) is 4.98 Å². The molecule has 2 aliphatic heterocycles. The number of anilines is 1. The van der Waals surface area contributed by atoms with Gasteiger partial charge in [-0.2, -0.15) is 0 Å². The fraction of sp³-hybridized carbons (Fsp3) is 0.280. The van der Waals surface area contributed by atoms with E-state index in [1.165, 1.54) is 11.8 Å². The van der Waals surface area contributed by atoms with E-state index in [4.69, 9.17) is 21.9 Å². The summed E-state index contributed by atoms with van der Waals surface area (Å²) < 4.78 is 7.51. The van der Waals surface area contributed by atoms with Crippen LogP contribution < -0.4 is 10.5 Å². The van der Waals surface area contributed by atoms with Crippen LogP contribution in [-0.4, -0.2) is 50.8 Å². The summed E-state index contributed by atoms with van der Waals surface area (Å²) >= 11 is 6.80. The third kappa shape index (κ3) is 4.15. The lowest BCUT2D eigenvalue weighted by Crippen LogP contribution is -2.38. The van der Waals surface area contributed by atoms with Crippen LogP contribution in [0.2, 0.25) is 0 Å². The van der Waals surface area contributed by atoms with Gasteiger partial charge in [0.1, 0.15) is 15.8 Å². The number of aromatic nitrogens is 2. The van der Waals surface area contributed by atoms with Gasteiger partial charge in [0.2, 0.25) is 0 Å². The molecule has 5 rings (SSSR count). The van der Waals surface area contributed by atoms with Crippen molar-refractivity contribution in [2.24, 2.45) is 0 Å². The maximum Gasteiger partial charge on any atom is 0.267 e. The van der Waals surface area contributed by atoms with Crippen LogP contribution in [0.3, 0.4) is 0 Å². The quantitative estimate of drug-likeness (QED) is 0.405. The van der Waals surface area contributed by atoms with Crippen LogP contribution in [0.25, 0.3) is 11.7 Å². The molecule has 34 heavy (non-hydrogen) atoms. The number of benzene rings is 1. The smallest absolute Gasteiger partial charge is 0.267 e. The number of hydrogen-bond donors (Lipinski definition) is 0. The average molecular weight is 493 g/mol. The zero-order valence-corrected chi connectivity index (χ0v) is 20.6. The Balaban J connectivity index is 1.60. The van der Waals surface area contributed by atoms with E-state index in [2.05, 4.69) is 0 Å². The van der Waals surface area contributed by atoms with Gasteiger partial charge in [-0.15, -0.1) is 0 Å². The fourth-order valence-electron chi connectivity index (χ4n) is 4.21. The molecule has 7 nitrogen and oxygen atoms in total. The number of fused-ring (bicyclic) bond motifs is 1. The highest BCUT2D eigenvalue weighted by molar-refractivity contribution is 8.26. The van der Waals surface area contributed by atoms with Gasteiger partial charge in [-0.3, -0.25) is 18.9 Å². The van der Waals surface area contributed by atoms with Crippen molar-refractivity contribution in [3.63, 3.8) is 0 Å². The Kier molecular flexibility index (Phi) is 6.24. The van der Waals surface area contributed by atoms with E-state index in [9.17, 15) is 9.59 Å². The Labute approximate surface area is 207 Å². The number of amides is 1. The molecule has 0 bridgehead atoms. The number of ether oxygens (including phenoxy) is 1. The number of morpholine rings is 1. The van der Waals surface area contributed by atoms with Crippen LogP contribution in [0.15, 0.2) is 58.4 Å². The number of carbonyl (C=O) groups is 1. The molecule has 0 unspecified atom stereocenters. The molecule has 2 saturated heterocycles. The van der Waals surface area contributed by atoms with Crippen LogP contribution in [0.5, 0.6) is 0 Å². The molecule has 0 saturated carbocycles. The zero-order chi connectivity index (χ0) is 23.8. The van der Waals surface area contributed by atoms with E-state index in [0.29, 0.717) is 52.6 Å². The van der Waals surface area contributed by atoms with Crippen molar-refractivity contribution in [3.8, 4) is 0 Å². The summed E-state index contributed by atoms with van der Waals surface area (Å²) in [4.78, 5) is 35.9. The molecule has 2 aromatic heterocycles. The van der Waals surface area contributed by atoms with Gasteiger partial charge in [0.15, 0.2) is 0 Å². The van der Waals surface area contributed by atoms with Crippen molar-refractivity contribution < 1.29 is 9.53 Å². The summed E-state index contributed by atoms with van der Waals surface area (Å²) in [6.45, 7) is 6.26. The Hall–Kier alpha value is -3.01. The number of thiocarbonyl (C=S) groups is 1. The number of aryl methyl sites for hydroxylation is 1. The minimum Gasteiger partial charge on any atom is -0.378 e. The molecule has 9 heteroatoms. The van der Waals surface area contributed by atoms with Gasteiger partial charge in [0.05, 0.1) is 29.7 Å². The highest BCUT2D eigenvalue weighted by atomic mass is 32.2. The maximum absolute atomic E-state index is 13.6. The second-order valence-corrected chi connectivity index (χ2v) is 10.0. The van der Waals surface area contributed by atoms with Crippen LogP contribution >= 0.6 is 24.0 Å². The largest absolute Gasteiger partial charge is 0.378 e. The highest BCUT2D eigenvalue weighted by Gasteiger charge is 2.36. The SMILES string of the molecule is Cc1ccc2nc(N3CCOCC3)c(/C=C3\SC(=S)N([C@@H](C)c4ccccc4)C3=O)c(=O)n2c1. The average Bonchev–Trinajstić information content (AvgIpc) is 3.14. The topological polar surface area (TPSA) is 67.2 Å². The number of carbonyl (C=O) groups excluding carboxylic acids is 1. The molecule has 1 amide bonds. The van der Waals surface area contributed by atoms with Crippen LogP contribution in [-0.2, 0) is 9.53 Å². The minimum absolute atomic E-state index is 0.201. The number of rotatable bonds is 4. The highest BCUT2D eigenvalue weighted by Crippen LogP contribution is 2.38. The molecule has 4 heterocycles. The lowest BCUT2D eigenvalue weighted by molar-refractivity contribution is -0.123. The fourth-order valence-corrected chi connectivity index (χ4v) is 5.62. The predicted molar refractivity (Wildman–Crippen MR) is 139 cm³/mol. The minimum atomic E-state index is -0.212. The van der Waals surface area contributed by atoms with Crippen molar-refractivity contribution in [1.82, 2.24) is 14.3 Å². The summed E-state index contributed by atoms with van der Waals surface area (Å²) in [5, 5.41) is 0. The Morgan fingerprint density at radius 2 is 1.85 bits per heavy atom. The molecular weight excluding hydrogens is 468 g/mol. The van der Waals surface area contributed by atoms with Gasteiger partial charge in [0, 0.05) is 19.3 Å². The second kappa shape index (κ2) is 9.32. The first-order valence-corrected chi connectivity index (χ1v) is 12.3. The van der Waals surface area contributed by atoms with E-state index >= 15 is 0 Å². The van der Waals surface area contributed by atoms with Crippen LogP contribution in [0.1, 0.15) is 29.7 Å². The number of thioether (sulfide) groups is 1. The zero-order valence-electron chi connectivity index (χ0n) is 18.9. The van der Waals surface area contributed by atoms with E-state index in [1.807, 2.05) is 61.2 Å². The van der Waals surface area contributed by atoms with E-state index < -0.39 is 0 Å². The molecule has 1 atom stereocenters. The van der Waals surface area contributed by atoms with Crippen LogP contribution in [0, 0.1) is 6.92 Å². The molecule has 3 aromatic rings. The van der Waals surface area contributed by atoms with E-state index in [-0.39, 0.29) is 17.5 Å². The number of pyridine rings is 1. The Bertz CT molecular complexity index is 1360. The summed E-state index contributed by atoms with van der Waals surface area (Å²) in [5.74, 6) is 0.367. The molecule has 2 fully saturated rings. The Morgan fingerprint density at radius 1 is 1.12 bits per heavy atom. The van der Waals surface area contributed by atoms with Crippen molar-refractivity contribution >= 4 is 51.7 Å². The monoisotopic (exact) mass is 492 g/mol. The first-order valence-electron chi connectivity index (χ1n) is 11.1. The third-order valence-corrected chi connectivity index (χ3v) is 7.39. The summed E-state index contributed by atoms with van der Waals surface area (Å²) in [6.07, 6.45) is 3.43. The van der Waals surface area contributed by atoms with Gasteiger partial charge in [-0.1, -0.05) is 60.4 Å². The number of nitrogens with zero attached hydrogens (tertiary/aromatic N) is 4. The normalized spacial score (nSPS) is 18.8. The molecule has 2 aliphatic rings. The van der Waals surface area contributed by atoms with Crippen LogP contribution in [0.4, 0.5) is 5.82 Å². The van der Waals surface area contributed by atoms with E-state index in [0.717, 1.165) is 11.1 Å². The van der Waals surface area contributed by atoms with Gasteiger partial charge in [-0.05, 0) is 37.1 Å². The molecule has 0 N–H and O–H groups in total. The first-order chi connectivity index (χ1) is 16.4. The molecule has 174 valence electrons. The standard InChI is InChI=1S/C25H24N4O3S2/c1-16-8-9-21-26-22(27-10-12-32-13-11-27)19(23(30)28(21)15-16)14-20-24(31)29(25(33)34-20)17(2)18-6-4-3-5-7-18/h3-9,14-15,17H,10-13H2,1-2H3/b20-14-/t17-/m0/s1. The summed E-state index contributed by atoms with van der Waals surface area (Å²) in [7, 11) is 0. The number of hydrogen-bond acceptors (Lipinski definition) is 7. The van der Waals surface area contributed by atoms with E-state index in [1.54, 1.807) is 21.6 Å². The lowest BCUT2D eigenvalue weighted by Gasteiger charge is -2.29. The van der Waals surface area contributed by atoms with Gasteiger partial charge < -0.3 is 9.64 Å². The Morgan fingerprint density at radius 3 is 2.59 bits per heavy atom. The van der Waals surface area contributed by atoms with Gasteiger partial charge in [0.25, 0.3) is 11.5 Å².